The van der Waals surface area contributed by atoms with Crippen LogP contribution in [0.25, 0.3) is 16.9 Å². The normalized spacial score (nSPS) is 19.9. The first-order chi connectivity index (χ1) is 15.5. The van der Waals surface area contributed by atoms with E-state index < -0.39 is 15.3 Å². The lowest BCUT2D eigenvalue weighted by Crippen LogP contribution is -2.24. The molecule has 3 aromatic rings. The van der Waals surface area contributed by atoms with Crippen molar-refractivity contribution in [2.75, 3.05) is 18.1 Å². The smallest absolute Gasteiger partial charge is 0.335 e. The Bertz CT molecular complexity index is 1390. The molecule has 8 nitrogen and oxygen atoms in total. The molecule has 33 heavy (non-hydrogen) atoms. The monoisotopic (exact) mass is 471 g/mol. The van der Waals surface area contributed by atoms with Gasteiger partial charge >= 0.3 is 5.69 Å². The van der Waals surface area contributed by atoms with Crippen molar-refractivity contribution in [1.82, 2.24) is 14.1 Å². The Morgan fingerprint density at radius 2 is 2.03 bits per heavy atom. The standard InChI is InChI=1S/C24H29N3O5S/c1-5-32-19-8-6-7-18(12-19)27-22-20(26(16(2)3)23(27)29)11-17(14-25-22)21(28)13-24(4)9-10-33(30,31)15-24/h6-8,11-12,14,16H,5,9-10,13,15H2,1-4H3/t24-/m0/s1. The van der Waals surface area contributed by atoms with Crippen LogP contribution < -0.4 is 10.4 Å². The lowest BCUT2D eigenvalue weighted by Gasteiger charge is -2.20. The predicted molar refractivity (Wildman–Crippen MR) is 127 cm³/mol. The first-order valence-corrected chi connectivity index (χ1v) is 13.0. The second kappa shape index (κ2) is 8.44. The SMILES string of the molecule is CCOc1cccc(-n2c(=O)n(C(C)C)c3cc(C(=O)C[C@]4(C)CCS(=O)(=O)C4)cnc32)c1. The highest BCUT2D eigenvalue weighted by Crippen LogP contribution is 2.36. The van der Waals surface area contributed by atoms with Crippen LogP contribution in [0.4, 0.5) is 0 Å². The molecule has 1 atom stereocenters. The van der Waals surface area contributed by atoms with Gasteiger partial charge in [-0.2, -0.15) is 0 Å². The van der Waals surface area contributed by atoms with Gasteiger partial charge < -0.3 is 4.74 Å². The number of fused-ring (bicyclic) bond motifs is 1. The van der Waals surface area contributed by atoms with Gasteiger partial charge in [0.2, 0.25) is 0 Å². The Kier molecular flexibility index (Phi) is 5.94. The number of nitrogens with zero attached hydrogens (tertiary/aromatic N) is 3. The van der Waals surface area contributed by atoms with Crippen LogP contribution in [-0.2, 0) is 9.84 Å². The Morgan fingerprint density at radius 3 is 2.67 bits per heavy atom. The maximum Gasteiger partial charge on any atom is 0.335 e. The third kappa shape index (κ3) is 4.46. The van der Waals surface area contributed by atoms with E-state index in [9.17, 15) is 18.0 Å². The van der Waals surface area contributed by atoms with E-state index in [0.29, 0.717) is 41.2 Å². The molecule has 176 valence electrons. The Hall–Kier alpha value is -2.94. The summed E-state index contributed by atoms with van der Waals surface area (Å²) < 4.78 is 32.6. The van der Waals surface area contributed by atoms with Crippen molar-refractivity contribution in [3.05, 3.63) is 52.6 Å². The van der Waals surface area contributed by atoms with Crippen LogP contribution in [0.3, 0.4) is 0 Å². The van der Waals surface area contributed by atoms with Gasteiger partial charge in [0.1, 0.15) is 5.75 Å². The minimum Gasteiger partial charge on any atom is -0.494 e. The molecule has 0 unspecified atom stereocenters. The molecular weight excluding hydrogens is 442 g/mol. The number of hydrogen-bond donors (Lipinski definition) is 0. The molecule has 1 aliphatic heterocycles. The summed E-state index contributed by atoms with van der Waals surface area (Å²) >= 11 is 0. The topological polar surface area (TPSA) is 100 Å². The molecule has 0 saturated carbocycles. The highest BCUT2D eigenvalue weighted by atomic mass is 32.2. The number of ether oxygens (including phenoxy) is 1. The zero-order valence-corrected chi connectivity index (χ0v) is 20.2. The van der Waals surface area contributed by atoms with Crippen molar-refractivity contribution in [3.8, 4) is 11.4 Å². The number of Topliss-reactive ketones (excluding diaryl/α,β-unsaturated/α-hetero) is 1. The van der Waals surface area contributed by atoms with E-state index in [1.807, 2.05) is 45.9 Å². The van der Waals surface area contributed by atoms with Crippen LogP contribution >= 0.6 is 0 Å². The maximum atomic E-state index is 13.4. The molecule has 0 spiro atoms. The molecule has 0 bridgehead atoms. The van der Waals surface area contributed by atoms with E-state index in [4.69, 9.17) is 4.74 Å². The average molecular weight is 472 g/mol. The molecule has 0 aliphatic carbocycles. The molecule has 1 fully saturated rings. The predicted octanol–water partition coefficient (Wildman–Crippen LogP) is 3.56. The number of sulfone groups is 1. The van der Waals surface area contributed by atoms with Crippen molar-refractivity contribution in [2.45, 2.75) is 46.6 Å². The summed E-state index contributed by atoms with van der Waals surface area (Å²) in [5.74, 6) is 0.617. The molecule has 2 aromatic heterocycles. The number of carbonyl (C=O) groups excluding carboxylic acids is 1. The molecule has 1 aromatic carbocycles. The van der Waals surface area contributed by atoms with Gasteiger partial charge in [0.25, 0.3) is 0 Å². The Balaban J connectivity index is 1.78. The van der Waals surface area contributed by atoms with E-state index in [-0.39, 0.29) is 35.4 Å². The second-order valence-corrected chi connectivity index (χ2v) is 11.5. The fraction of sp³-hybridized carbons (Fsp3) is 0.458. The summed E-state index contributed by atoms with van der Waals surface area (Å²) in [6.07, 6.45) is 2.08. The van der Waals surface area contributed by atoms with Gasteiger partial charge in [-0.3, -0.25) is 9.36 Å². The summed E-state index contributed by atoms with van der Waals surface area (Å²) in [7, 11) is -3.10. The van der Waals surface area contributed by atoms with E-state index >= 15 is 0 Å². The van der Waals surface area contributed by atoms with Gasteiger partial charge in [-0.25, -0.2) is 22.8 Å². The van der Waals surface area contributed by atoms with Crippen LogP contribution in [-0.4, -0.2) is 46.4 Å². The van der Waals surface area contributed by atoms with Gasteiger partial charge in [-0.1, -0.05) is 13.0 Å². The van der Waals surface area contributed by atoms with Crippen molar-refractivity contribution < 1.29 is 17.9 Å². The molecule has 1 saturated heterocycles. The molecule has 3 heterocycles. The van der Waals surface area contributed by atoms with E-state index in [2.05, 4.69) is 4.98 Å². The quantitative estimate of drug-likeness (QED) is 0.489. The first-order valence-electron chi connectivity index (χ1n) is 11.1. The fourth-order valence-corrected chi connectivity index (χ4v) is 6.82. The number of ketones is 1. The molecule has 4 rings (SSSR count). The van der Waals surface area contributed by atoms with Crippen molar-refractivity contribution in [1.29, 1.82) is 0 Å². The zero-order chi connectivity index (χ0) is 24.0. The molecule has 9 heteroatoms. The van der Waals surface area contributed by atoms with Gasteiger partial charge in [-0.15, -0.1) is 0 Å². The third-order valence-electron chi connectivity index (χ3n) is 6.11. The number of carbonyl (C=O) groups is 1. The summed E-state index contributed by atoms with van der Waals surface area (Å²) in [4.78, 5) is 31.0. The van der Waals surface area contributed by atoms with Gasteiger partial charge in [0.05, 0.1) is 29.3 Å². The summed E-state index contributed by atoms with van der Waals surface area (Å²) in [6, 6.07) is 8.79. The summed E-state index contributed by atoms with van der Waals surface area (Å²) in [5, 5.41) is 0. The highest BCUT2D eigenvalue weighted by Gasteiger charge is 2.40. The number of benzene rings is 1. The number of aromatic nitrogens is 3. The number of hydrogen-bond acceptors (Lipinski definition) is 6. The van der Waals surface area contributed by atoms with E-state index in [1.165, 1.54) is 10.8 Å². The van der Waals surface area contributed by atoms with Gasteiger partial charge in [0.15, 0.2) is 21.3 Å². The van der Waals surface area contributed by atoms with Crippen LogP contribution in [0.5, 0.6) is 5.75 Å². The zero-order valence-electron chi connectivity index (χ0n) is 19.4. The minimum absolute atomic E-state index is 0.0185. The lowest BCUT2D eigenvalue weighted by molar-refractivity contribution is 0.0934. The van der Waals surface area contributed by atoms with E-state index in [1.54, 1.807) is 16.7 Å². The largest absolute Gasteiger partial charge is 0.494 e. The Labute approximate surface area is 193 Å². The van der Waals surface area contributed by atoms with Gasteiger partial charge in [0, 0.05) is 30.3 Å². The number of rotatable bonds is 7. The Morgan fingerprint density at radius 1 is 1.27 bits per heavy atom. The lowest BCUT2D eigenvalue weighted by atomic mass is 9.83. The maximum absolute atomic E-state index is 13.4. The van der Waals surface area contributed by atoms with Crippen LogP contribution in [0.1, 0.15) is 56.9 Å². The third-order valence-corrected chi connectivity index (χ3v) is 8.08. The first kappa shape index (κ1) is 23.2. The molecule has 0 radical (unpaired) electrons. The number of imidazole rings is 1. The molecular formula is C24H29N3O5S. The van der Waals surface area contributed by atoms with E-state index in [0.717, 1.165) is 0 Å². The van der Waals surface area contributed by atoms with Gasteiger partial charge in [-0.05, 0) is 50.8 Å². The summed E-state index contributed by atoms with van der Waals surface area (Å²) in [5.41, 5.74) is 1.20. The molecule has 0 amide bonds. The fourth-order valence-electron chi connectivity index (χ4n) is 4.57. The van der Waals surface area contributed by atoms with Crippen molar-refractivity contribution >= 4 is 26.8 Å². The second-order valence-electron chi connectivity index (χ2n) is 9.33. The minimum atomic E-state index is -3.10. The summed E-state index contributed by atoms with van der Waals surface area (Å²) in [6.45, 7) is 8.05. The molecule has 1 aliphatic rings. The van der Waals surface area contributed by atoms with Crippen molar-refractivity contribution in [3.63, 3.8) is 0 Å². The van der Waals surface area contributed by atoms with Crippen LogP contribution in [0, 0.1) is 5.41 Å². The van der Waals surface area contributed by atoms with Crippen LogP contribution in [0.2, 0.25) is 0 Å². The average Bonchev–Trinajstić information content (AvgIpc) is 3.19. The highest BCUT2D eigenvalue weighted by molar-refractivity contribution is 7.91. The molecule has 0 N–H and O–H groups in total. The van der Waals surface area contributed by atoms with Crippen molar-refractivity contribution in [2.24, 2.45) is 5.41 Å². The number of pyridine rings is 1. The van der Waals surface area contributed by atoms with Crippen LogP contribution in [0.15, 0.2) is 41.3 Å².